The molecular formula is C12H16ClFN2O. The standard InChI is InChI=1S/C12H16ClFN2O/c1-8(15)12(17)16(2)6-5-9-7-10(13)3-4-11(9)14/h3-4,7-8H,5-6,15H2,1-2H3. The van der Waals surface area contributed by atoms with Gasteiger partial charge in [-0.15, -0.1) is 0 Å². The van der Waals surface area contributed by atoms with Crippen LogP contribution in [-0.2, 0) is 11.2 Å². The van der Waals surface area contributed by atoms with Gasteiger partial charge in [0.1, 0.15) is 5.82 Å². The van der Waals surface area contributed by atoms with Crippen LogP contribution in [0, 0.1) is 5.82 Å². The Labute approximate surface area is 105 Å². The summed E-state index contributed by atoms with van der Waals surface area (Å²) < 4.78 is 13.4. The van der Waals surface area contributed by atoms with Gasteiger partial charge in [0.15, 0.2) is 0 Å². The first kappa shape index (κ1) is 13.9. The Morgan fingerprint density at radius 2 is 2.24 bits per heavy atom. The molecule has 2 N–H and O–H groups in total. The molecule has 0 spiro atoms. The zero-order chi connectivity index (χ0) is 13.0. The molecule has 1 atom stereocenters. The van der Waals surface area contributed by atoms with Crippen LogP contribution in [0.3, 0.4) is 0 Å². The number of benzene rings is 1. The quantitative estimate of drug-likeness (QED) is 0.896. The zero-order valence-electron chi connectivity index (χ0n) is 9.91. The highest BCUT2D eigenvalue weighted by Crippen LogP contribution is 2.15. The molecule has 0 aliphatic heterocycles. The number of carbonyl (C=O) groups is 1. The predicted molar refractivity (Wildman–Crippen MR) is 66.4 cm³/mol. The highest BCUT2D eigenvalue weighted by molar-refractivity contribution is 6.30. The van der Waals surface area contributed by atoms with Crippen molar-refractivity contribution in [2.24, 2.45) is 5.73 Å². The maximum atomic E-state index is 13.4. The van der Waals surface area contributed by atoms with Crippen LogP contribution in [0.2, 0.25) is 5.02 Å². The molecule has 0 radical (unpaired) electrons. The van der Waals surface area contributed by atoms with Gasteiger partial charge in [0.2, 0.25) is 5.91 Å². The highest BCUT2D eigenvalue weighted by Gasteiger charge is 2.13. The minimum atomic E-state index is -0.538. The van der Waals surface area contributed by atoms with E-state index in [1.165, 1.54) is 17.0 Å². The molecule has 1 aromatic carbocycles. The van der Waals surface area contributed by atoms with Gasteiger partial charge >= 0.3 is 0 Å². The maximum absolute atomic E-state index is 13.4. The zero-order valence-corrected chi connectivity index (χ0v) is 10.7. The lowest BCUT2D eigenvalue weighted by Gasteiger charge is -2.19. The van der Waals surface area contributed by atoms with Gasteiger partial charge in [-0.2, -0.15) is 0 Å². The Hall–Kier alpha value is -1.13. The van der Waals surface area contributed by atoms with Crippen molar-refractivity contribution < 1.29 is 9.18 Å². The largest absolute Gasteiger partial charge is 0.344 e. The molecule has 0 fully saturated rings. The van der Waals surface area contributed by atoms with E-state index in [1.807, 2.05) is 0 Å². The van der Waals surface area contributed by atoms with E-state index in [2.05, 4.69) is 0 Å². The molecule has 0 saturated heterocycles. The van der Waals surface area contributed by atoms with E-state index in [0.717, 1.165) is 0 Å². The Bertz CT molecular complexity index is 409. The van der Waals surface area contributed by atoms with Crippen LogP contribution < -0.4 is 5.73 Å². The lowest BCUT2D eigenvalue weighted by atomic mass is 10.1. The fourth-order valence-corrected chi connectivity index (χ4v) is 1.68. The van der Waals surface area contributed by atoms with E-state index in [9.17, 15) is 9.18 Å². The second kappa shape index (κ2) is 5.98. The molecule has 3 nitrogen and oxygen atoms in total. The van der Waals surface area contributed by atoms with Crippen molar-refractivity contribution in [2.75, 3.05) is 13.6 Å². The number of halogens is 2. The Balaban J connectivity index is 2.61. The molecule has 1 rings (SSSR count). The van der Waals surface area contributed by atoms with E-state index in [0.29, 0.717) is 23.6 Å². The van der Waals surface area contributed by atoms with Gasteiger partial charge < -0.3 is 10.6 Å². The van der Waals surface area contributed by atoms with Crippen molar-refractivity contribution in [3.8, 4) is 0 Å². The summed E-state index contributed by atoms with van der Waals surface area (Å²) in [7, 11) is 1.65. The molecule has 5 heteroatoms. The molecule has 0 aromatic heterocycles. The summed E-state index contributed by atoms with van der Waals surface area (Å²) in [6.07, 6.45) is 0.418. The average Bonchev–Trinajstić information content (AvgIpc) is 2.28. The molecule has 17 heavy (non-hydrogen) atoms. The molecule has 94 valence electrons. The second-order valence-electron chi connectivity index (χ2n) is 4.03. The van der Waals surface area contributed by atoms with Crippen molar-refractivity contribution >= 4 is 17.5 Å². The van der Waals surface area contributed by atoms with Crippen LogP contribution in [0.25, 0.3) is 0 Å². The average molecular weight is 259 g/mol. The molecule has 0 saturated carbocycles. The lowest BCUT2D eigenvalue weighted by molar-refractivity contribution is -0.130. The number of likely N-dealkylation sites (N-methyl/N-ethyl adjacent to an activating group) is 1. The third-order valence-corrected chi connectivity index (χ3v) is 2.73. The summed E-state index contributed by atoms with van der Waals surface area (Å²) in [6.45, 7) is 2.04. The maximum Gasteiger partial charge on any atom is 0.238 e. The van der Waals surface area contributed by atoms with Gasteiger partial charge in [-0.1, -0.05) is 11.6 Å². The smallest absolute Gasteiger partial charge is 0.238 e. The van der Waals surface area contributed by atoms with Gasteiger partial charge in [0, 0.05) is 18.6 Å². The summed E-state index contributed by atoms with van der Waals surface area (Å²) >= 11 is 5.78. The molecule has 0 heterocycles. The van der Waals surface area contributed by atoms with Crippen molar-refractivity contribution in [1.82, 2.24) is 4.90 Å². The predicted octanol–water partition coefficient (Wildman–Crippen LogP) is 1.83. The minimum Gasteiger partial charge on any atom is -0.344 e. The Kier molecular flexibility index (Phi) is 4.90. The molecule has 0 aliphatic rings. The van der Waals surface area contributed by atoms with E-state index >= 15 is 0 Å². The van der Waals surface area contributed by atoms with Crippen LogP contribution in [0.5, 0.6) is 0 Å². The third kappa shape index (κ3) is 3.98. The minimum absolute atomic E-state index is 0.160. The van der Waals surface area contributed by atoms with E-state index < -0.39 is 6.04 Å². The number of hydrogen-bond acceptors (Lipinski definition) is 2. The van der Waals surface area contributed by atoms with Crippen LogP contribution in [0.4, 0.5) is 4.39 Å². The van der Waals surface area contributed by atoms with Crippen LogP contribution in [-0.4, -0.2) is 30.4 Å². The summed E-state index contributed by atoms with van der Waals surface area (Å²) in [6, 6.07) is 3.85. The van der Waals surface area contributed by atoms with Crippen molar-refractivity contribution in [3.05, 3.63) is 34.6 Å². The van der Waals surface area contributed by atoms with Gasteiger partial charge in [-0.05, 0) is 37.1 Å². The first-order valence-electron chi connectivity index (χ1n) is 5.36. The molecule has 1 unspecified atom stereocenters. The molecule has 0 aliphatic carbocycles. The van der Waals surface area contributed by atoms with Gasteiger partial charge in [-0.3, -0.25) is 4.79 Å². The second-order valence-corrected chi connectivity index (χ2v) is 4.47. The first-order chi connectivity index (χ1) is 7.91. The number of rotatable bonds is 4. The van der Waals surface area contributed by atoms with Gasteiger partial charge in [0.25, 0.3) is 0 Å². The highest BCUT2D eigenvalue weighted by atomic mass is 35.5. The topological polar surface area (TPSA) is 46.3 Å². The Morgan fingerprint density at radius 3 is 2.82 bits per heavy atom. The van der Waals surface area contributed by atoms with Crippen molar-refractivity contribution in [1.29, 1.82) is 0 Å². The molecule has 0 bridgehead atoms. The van der Waals surface area contributed by atoms with E-state index in [1.54, 1.807) is 20.0 Å². The normalized spacial score (nSPS) is 12.3. The van der Waals surface area contributed by atoms with Crippen LogP contribution >= 0.6 is 11.6 Å². The Morgan fingerprint density at radius 1 is 1.59 bits per heavy atom. The van der Waals surface area contributed by atoms with Crippen LogP contribution in [0.1, 0.15) is 12.5 Å². The fourth-order valence-electron chi connectivity index (χ4n) is 1.48. The molecule has 1 amide bonds. The lowest BCUT2D eigenvalue weighted by Crippen LogP contribution is -2.40. The number of carbonyl (C=O) groups excluding carboxylic acids is 1. The van der Waals surface area contributed by atoms with Crippen molar-refractivity contribution in [3.63, 3.8) is 0 Å². The fraction of sp³-hybridized carbons (Fsp3) is 0.417. The number of nitrogens with zero attached hydrogens (tertiary/aromatic N) is 1. The van der Waals surface area contributed by atoms with Crippen molar-refractivity contribution in [2.45, 2.75) is 19.4 Å². The summed E-state index contributed by atoms with van der Waals surface area (Å²) in [4.78, 5) is 13.0. The third-order valence-electron chi connectivity index (χ3n) is 2.49. The number of amides is 1. The summed E-state index contributed by atoms with van der Waals surface area (Å²) in [5, 5.41) is 0.488. The summed E-state index contributed by atoms with van der Waals surface area (Å²) in [5.74, 6) is -0.469. The van der Waals surface area contributed by atoms with E-state index in [-0.39, 0.29) is 11.7 Å². The van der Waals surface area contributed by atoms with Crippen LogP contribution in [0.15, 0.2) is 18.2 Å². The summed E-state index contributed by atoms with van der Waals surface area (Å²) in [5.41, 5.74) is 5.98. The SMILES string of the molecule is CC(N)C(=O)N(C)CCc1cc(Cl)ccc1F. The molecule has 1 aromatic rings. The first-order valence-corrected chi connectivity index (χ1v) is 5.74. The molecular weight excluding hydrogens is 243 g/mol. The van der Waals surface area contributed by atoms with E-state index in [4.69, 9.17) is 17.3 Å². The monoisotopic (exact) mass is 258 g/mol. The number of nitrogens with two attached hydrogens (primary N) is 1. The van der Waals surface area contributed by atoms with Gasteiger partial charge in [0.05, 0.1) is 6.04 Å². The number of hydrogen-bond donors (Lipinski definition) is 1. The van der Waals surface area contributed by atoms with Gasteiger partial charge in [-0.25, -0.2) is 4.39 Å².